The molecule has 1 N–H and O–H groups in total. The zero-order chi connectivity index (χ0) is 16.5. The topological polar surface area (TPSA) is 47.6 Å². The van der Waals surface area contributed by atoms with Crippen LogP contribution < -0.4 is 14.8 Å². The molecule has 4 rings (SSSR count). The Kier molecular flexibility index (Phi) is 3.75. The lowest BCUT2D eigenvalue weighted by Crippen LogP contribution is -2.16. The van der Waals surface area contributed by atoms with Crippen molar-refractivity contribution in [3.05, 3.63) is 65.2 Å². The van der Waals surface area contributed by atoms with Crippen molar-refractivity contribution in [2.75, 3.05) is 18.5 Å². The van der Waals surface area contributed by atoms with Gasteiger partial charge in [0.25, 0.3) is 5.91 Å². The monoisotopic (exact) mass is 339 g/mol. The first-order chi connectivity index (χ1) is 11.7. The number of anilines is 1. The third-order valence-corrected chi connectivity index (χ3v) is 4.24. The third-order valence-electron chi connectivity index (χ3n) is 3.91. The normalized spacial score (nSPS) is 12.9. The third kappa shape index (κ3) is 2.65. The summed E-state index contributed by atoms with van der Waals surface area (Å²) in [6.45, 7) is 1.04. The number of nitrogens with one attached hydrogen (secondary N) is 1. The van der Waals surface area contributed by atoms with Crippen LogP contribution >= 0.6 is 11.6 Å². The molecule has 3 aromatic rings. The molecule has 4 nitrogen and oxygen atoms in total. The molecule has 0 bridgehead atoms. The minimum atomic E-state index is -0.195. The van der Waals surface area contributed by atoms with Gasteiger partial charge in [-0.3, -0.25) is 4.79 Å². The smallest absolute Gasteiger partial charge is 0.256 e. The van der Waals surface area contributed by atoms with Crippen LogP contribution in [0.15, 0.2) is 54.6 Å². The van der Waals surface area contributed by atoms with Crippen molar-refractivity contribution in [2.45, 2.75) is 0 Å². The highest BCUT2D eigenvalue weighted by atomic mass is 35.5. The number of amides is 1. The zero-order valence-electron chi connectivity index (χ0n) is 12.7. The molecule has 3 aromatic carbocycles. The van der Waals surface area contributed by atoms with Crippen molar-refractivity contribution in [3.63, 3.8) is 0 Å². The Balaban J connectivity index is 1.66. The van der Waals surface area contributed by atoms with Crippen LogP contribution in [0.2, 0.25) is 5.02 Å². The molecular weight excluding hydrogens is 326 g/mol. The molecule has 0 unspecified atom stereocenters. The lowest BCUT2D eigenvalue weighted by Gasteiger charge is -2.19. The fraction of sp³-hybridized carbons (Fsp3) is 0.105. The highest BCUT2D eigenvalue weighted by molar-refractivity contribution is 6.36. The fourth-order valence-corrected chi connectivity index (χ4v) is 3.03. The second-order valence-electron chi connectivity index (χ2n) is 5.45. The first-order valence-electron chi connectivity index (χ1n) is 7.60. The number of carbonyl (C=O) groups is 1. The Morgan fingerprint density at radius 3 is 2.54 bits per heavy atom. The number of carbonyl (C=O) groups excluding carboxylic acids is 1. The number of halogens is 1. The Morgan fingerprint density at radius 1 is 0.917 bits per heavy atom. The van der Waals surface area contributed by atoms with E-state index in [9.17, 15) is 4.79 Å². The van der Waals surface area contributed by atoms with E-state index >= 15 is 0 Å². The molecule has 0 radical (unpaired) electrons. The summed E-state index contributed by atoms with van der Waals surface area (Å²) < 4.78 is 11.0. The average Bonchev–Trinajstić information content (AvgIpc) is 2.61. The van der Waals surface area contributed by atoms with Crippen molar-refractivity contribution in [1.82, 2.24) is 0 Å². The Bertz CT molecular complexity index is 939. The van der Waals surface area contributed by atoms with Crippen LogP contribution in [0.5, 0.6) is 11.5 Å². The van der Waals surface area contributed by atoms with Gasteiger partial charge in [0.05, 0.1) is 0 Å². The molecule has 5 heteroatoms. The van der Waals surface area contributed by atoms with Gasteiger partial charge < -0.3 is 14.8 Å². The van der Waals surface area contributed by atoms with Gasteiger partial charge in [0.1, 0.15) is 13.2 Å². The van der Waals surface area contributed by atoms with Crippen molar-refractivity contribution in [2.24, 2.45) is 0 Å². The first-order valence-corrected chi connectivity index (χ1v) is 7.98. The van der Waals surface area contributed by atoms with E-state index in [1.807, 2.05) is 30.3 Å². The number of rotatable bonds is 2. The Hall–Kier alpha value is -2.72. The van der Waals surface area contributed by atoms with Gasteiger partial charge in [-0.25, -0.2) is 0 Å². The number of hydrogen-bond donors (Lipinski definition) is 1. The van der Waals surface area contributed by atoms with Crippen molar-refractivity contribution < 1.29 is 14.3 Å². The van der Waals surface area contributed by atoms with Gasteiger partial charge in [-0.15, -0.1) is 0 Å². The maximum Gasteiger partial charge on any atom is 0.256 e. The van der Waals surface area contributed by atoms with Crippen molar-refractivity contribution in [1.29, 1.82) is 0 Å². The van der Waals surface area contributed by atoms with Crippen molar-refractivity contribution >= 4 is 34.0 Å². The van der Waals surface area contributed by atoms with Gasteiger partial charge in [-0.2, -0.15) is 0 Å². The first kappa shape index (κ1) is 14.8. The molecule has 1 heterocycles. The Labute approximate surface area is 144 Å². The van der Waals surface area contributed by atoms with Gasteiger partial charge in [-0.1, -0.05) is 35.9 Å². The highest BCUT2D eigenvalue weighted by Crippen LogP contribution is 2.33. The van der Waals surface area contributed by atoms with Crippen LogP contribution in [0.25, 0.3) is 10.8 Å². The van der Waals surface area contributed by atoms with E-state index < -0.39 is 0 Å². The van der Waals surface area contributed by atoms with Crippen LogP contribution in [0.1, 0.15) is 10.4 Å². The molecule has 0 fully saturated rings. The summed E-state index contributed by atoms with van der Waals surface area (Å²) in [6, 6.07) is 16.4. The lowest BCUT2D eigenvalue weighted by molar-refractivity contribution is 0.102. The fourth-order valence-electron chi connectivity index (χ4n) is 2.79. The molecular formula is C19H14ClNO3. The lowest BCUT2D eigenvalue weighted by atomic mass is 10.0. The quantitative estimate of drug-likeness (QED) is 0.747. The zero-order valence-corrected chi connectivity index (χ0v) is 13.5. The van der Waals surface area contributed by atoms with Gasteiger partial charge in [0.15, 0.2) is 11.5 Å². The maximum absolute atomic E-state index is 12.7. The molecule has 120 valence electrons. The SMILES string of the molecule is O=C(Nc1ccc2c(c1)OCCO2)c1cccc2c(Cl)cccc12. The molecule has 0 spiro atoms. The van der Waals surface area contributed by atoms with E-state index in [0.29, 0.717) is 41.0 Å². The van der Waals surface area contributed by atoms with Crippen LogP contribution in [0, 0.1) is 0 Å². The number of ether oxygens (including phenoxy) is 2. The van der Waals surface area contributed by atoms with Crippen LogP contribution in [-0.2, 0) is 0 Å². The molecule has 0 aromatic heterocycles. The largest absolute Gasteiger partial charge is 0.486 e. The number of hydrogen-bond acceptors (Lipinski definition) is 3. The molecule has 1 aliphatic heterocycles. The molecule has 0 saturated carbocycles. The molecule has 0 saturated heterocycles. The van der Waals surface area contributed by atoms with Gasteiger partial charge in [-0.05, 0) is 29.7 Å². The summed E-state index contributed by atoms with van der Waals surface area (Å²) in [5.74, 6) is 1.13. The summed E-state index contributed by atoms with van der Waals surface area (Å²) in [5.41, 5.74) is 1.23. The predicted octanol–water partition coefficient (Wildman–Crippen LogP) is 4.52. The molecule has 24 heavy (non-hydrogen) atoms. The summed E-state index contributed by atoms with van der Waals surface area (Å²) in [6.07, 6.45) is 0. The molecule has 0 atom stereocenters. The van der Waals surface area contributed by atoms with E-state index in [1.54, 1.807) is 24.3 Å². The van der Waals surface area contributed by atoms with E-state index in [4.69, 9.17) is 21.1 Å². The minimum absolute atomic E-state index is 0.195. The van der Waals surface area contributed by atoms with E-state index in [1.165, 1.54) is 0 Å². The summed E-state index contributed by atoms with van der Waals surface area (Å²) >= 11 is 6.21. The summed E-state index contributed by atoms with van der Waals surface area (Å²) in [5, 5.41) is 5.20. The number of benzene rings is 3. The van der Waals surface area contributed by atoms with Gasteiger partial charge in [0.2, 0.25) is 0 Å². The maximum atomic E-state index is 12.7. The van der Waals surface area contributed by atoms with Gasteiger partial charge in [0, 0.05) is 27.7 Å². The van der Waals surface area contributed by atoms with Crippen molar-refractivity contribution in [3.8, 4) is 11.5 Å². The van der Waals surface area contributed by atoms with E-state index in [-0.39, 0.29) is 5.91 Å². The molecule has 1 aliphatic rings. The highest BCUT2D eigenvalue weighted by Gasteiger charge is 2.15. The predicted molar refractivity (Wildman–Crippen MR) is 94.3 cm³/mol. The van der Waals surface area contributed by atoms with E-state index in [2.05, 4.69) is 5.32 Å². The molecule has 1 amide bonds. The van der Waals surface area contributed by atoms with Crippen LogP contribution in [0.4, 0.5) is 5.69 Å². The minimum Gasteiger partial charge on any atom is -0.486 e. The molecule has 0 aliphatic carbocycles. The average molecular weight is 340 g/mol. The van der Waals surface area contributed by atoms with E-state index in [0.717, 1.165) is 10.8 Å². The second kappa shape index (κ2) is 6.06. The number of fused-ring (bicyclic) bond motifs is 2. The van der Waals surface area contributed by atoms with Crippen LogP contribution in [0.3, 0.4) is 0 Å². The Morgan fingerprint density at radius 2 is 1.67 bits per heavy atom. The standard InChI is InChI=1S/C19H14ClNO3/c20-16-6-2-3-13-14(16)4-1-5-15(13)19(22)21-12-7-8-17-18(11-12)24-10-9-23-17/h1-8,11H,9-10H2,(H,21,22). The summed E-state index contributed by atoms with van der Waals surface area (Å²) in [4.78, 5) is 12.7. The summed E-state index contributed by atoms with van der Waals surface area (Å²) in [7, 11) is 0. The van der Waals surface area contributed by atoms with Gasteiger partial charge >= 0.3 is 0 Å². The second-order valence-corrected chi connectivity index (χ2v) is 5.86. The van der Waals surface area contributed by atoms with Crippen LogP contribution in [-0.4, -0.2) is 19.1 Å².